The zero-order valence-electron chi connectivity index (χ0n) is 6.41. The Balaban J connectivity index is 2.26. The van der Waals surface area contributed by atoms with Gasteiger partial charge in [-0.05, 0) is 12.1 Å². The van der Waals surface area contributed by atoms with Crippen LogP contribution < -0.4 is 14.8 Å². The molecule has 1 aromatic carbocycles. The Morgan fingerprint density at radius 1 is 1.33 bits per heavy atom. The third kappa shape index (κ3) is 1.30. The molecular weight excluding hydrogens is 174 g/mol. The first-order valence-corrected chi connectivity index (χ1v) is 4.28. The molecule has 0 fully saturated rings. The van der Waals surface area contributed by atoms with Gasteiger partial charge < -0.3 is 14.8 Å². The minimum Gasteiger partial charge on any atom is -0.454 e. The molecule has 0 unspecified atom stereocenters. The molecule has 1 aromatic rings. The Bertz CT molecular complexity index is 290. The SMILES string of the molecule is SCNc1ccc2c(c1)OCO2. The largest absolute Gasteiger partial charge is 0.454 e. The molecule has 1 heterocycles. The second kappa shape index (κ2) is 3.15. The van der Waals surface area contributed by atoms with Crippen molar-refractivity contribution in [2.75, 3.05) is 18.0 Å². The van der Waals surface area contributed by atoms with Crippen LogP contribution in [0.4, 0.5) is 5.69 Å². The molecule has 1 N–H and O–H groups in total. The predicted molar refractivity (Wildman–Crippen MR) is 50.0 cm³/mol. The maximum Gasteiger partial charge on any atom is 0.231 e. The second-order valence-corrected chi connectivity index (χ2v) is 2.72. The van der Waals surface area contributed by atoms with Gasteiger partial charge >= 0.3 is 0 Å². The monoisotopic (exact) mass is 183 g/mol. The van der Waals surface area contributed by atoms with Crippen molar-refractivity contribution in [1.82, 2.24) is 0 Å². The maximum atomic E-state index is 5.20. The van der Waals surface area contributed by atoms with Crippen LogP contribution in [0.2, 0.25) is 0 Å². The number of fused-ring (bicyclic) bond motifs is 1. The van der Waals surface area contributed by atoms with Gasteiger partial charge in [-0.25, -0.2) is 0 Å². The summed E-state index contributed by atoms with van der Waals surface area (Å²) in [6.45, 7) is 0.319. The van der Waals surface area contributed by atoms with Gasteiger partial charge in [0.1, 0.15) is 0 Å². The Kier molecular flexibility index (Phi) is 1.99. The second-order valence-electron chi connectivity index (χ2n) is 2.40. The molecule has 0 bridgehead atoms. The highest BCUT2D eigenvalue weighted by molar-refractivity contribution is 7.80. The van der Waals surface area contributed by atoms with Crippen LogP contribution in [0.3, 0.4) is 0 Å². The molecule has 12 heavy (non-hydrogen) atoms. The van der Waals surface area contributed by atoms with Gasteiger partial charge in [0.25, 0.3) is 0 Å². The molecule has 3 nitrogen and oxygen atoms in total. The molecule has 0 saturated heterocycles. The van der Waals surface area contributed by atoms with Crippen LogP contribution in [0.25, 0.3) is 0 Å². The fourth-order valence-electron chi connectivity index (χ4n) is 1.10. The topological polar surface area (TPSA) is 30.5 Å². The van der Waals surface area contributed by atoms with Crippen molar-refractivity contribution in [2.24, 2.45) is 0 Å². The number of rotatable bonds is 2. The van der Waals surface area contributed by atoms with E-state index in [0.29, 0.717) is 12.7 Å². The molecule has 0 saturated carbocycles. The average Bonchev–Trinajstić information content (AvgIpc) is 2.51. The third-order valence-corrected chi connectivity index (χ3v) is 1.81. The maximum absolute atomic E-state index is 5.20. The van der Waals surface area contributed by atoms with Gasteiger partial charge in [0.2, 0.25) is 6.79 Å². The van der Waals surface area contributed by atoms with E-state index < -0.39 is 0 Å². The summed E-state index contributed by atoms with van der Waals surface area (Å²) in [5.74, 6) is 2.21. The van der Waals surface area contributed by atoms with Gasteiger partial charge in [0, 0.05) is 11.8 Å². The van der Waals surface area contributed by atoms with Crippen molar-refractivity contribution in [3.63, 3.8) is 0 Å². The Morgan fingerprint density at radius 3 is 3.00 bits per heavy atom. The van der Waals surface area contributed by atoms with Crippen LogP contribution in [0, 0.1) is 0 Å². The molecule has 4 heteroatoms. The fourth-order valence-corrected chi connectivity index (χ4v) is 1.28. The molecule has 2 rings (SSSR count). The number of thiol groups is 1. The fraction of sp³-hybridized carbons (Fsp3) is 0.250. The van der Waals surface area contributed by atoms with Crippen LogP contribution in [0.1, 0.15) is 0 Å². The van der Waals surface area contributed by atoms with Gasteiger partial charge in [0.05, 0.1) is 5.88 Å². The van der Waals surface area contributed by atoms with Gasteiger partial charge in [0.15, 0.2) is 11.5 Å². The van der Waals surface area contributed by atoms with Crippen molar-refractivity contribution in [1.29, 1.82) is 0 Å². The van der Waals surface area contributed by atoms with Crippen LogP contribution in [-0.4, -0.2) is 12.7 Å². The van der Waals surface area contributed by atoms with Gasteiger partial charge in [-0.3, -0.25) is 0 Å². The minimum atomic E-state index is 0.319. The van der Waals surface area contributed by atoms with E-state index in [2.05, 4.69) is 17.9 Å². The first-order valence-electron chi connectivity index (χ1n) is 3.64. The third-order valence-electron chi connectivity index (χ3n) is 1.66. The highest BCUT2D eigenvalue weighted by Crippen LogP contribution is 2.34. The molecule has 1 aliphatic rings. The van der Waals surface area contributed by atoms with Crippen LogP contribution in [0.15, 0.2) is 18.2 Å². The normalized spacial score (nSPS) is 13.1. The molecule has 0 radical (unpaired) electrons. The lowest BCUT2D eigenvalue weighted by atomic mass is 10.3. The summed E-state index contributed by atoms with van der Waals surface area (Å²) < 4.78 is 10.4. The van der Waals surface area contributed by atoms with Crippen LogP contribution in [-0.2, 0) is 0 Å². The lowest BCUT2D eigenvalue weighted by Gasteiger charge is -2.02. The number of hydrogen-bond donors (Lipinski definition) is 2. The average molecular weight is 183 g/mol. The molecular formula is C8H9NO2S. The lowest BCUT2D eigenvalue weighted by molar-refractivity contribution is 0.174. The Morgan fingerprint density at radius 2 is 2.17 bits per heavy atom. The predicted octanol–water partition coefficient (Wildman–Crippen LogP) is 1.71. The first kappa shape index (κ1) is 7.61. The molecule has 0 amide bonds. The number of ether oxygens (including phenoxy) is 2. The van der Waals surface area contributed by atoms with Crippen molar-refractivity contribution in [3.8, 4) is 11.5 Å². The van der Waals surface area contributed by atoms with Gasteiger partial charge in [-0.2, -0.15) is 12.6 Å². The summed E-state index contributed by atoms with van der Waals surface area (Å²) in [6, 6.07) is 5.72. The quantitative estimate of drug-likeness (QED) is 0.540. The summed E-state index contributed by atoms with van der Waals surface area (Å²) in [5, 5.41) is 3.07. The first-order chi connectivity index (χ1) is 5.90. The van der Waals surface area contributed by atoms with E-state index in [9.17, 15) is 0 Å². The summed E-state index contributed by atoms with van der Waals surface area (Å²) in [7, 11) is 0. The highest BCUT2D eigenvalue weighted by atomic mass is 32.1. The Hall–Kier alpha value is -1.03. The standard InChI is InChI=1S/C8H9NO2S/c12-4-9-6-1-2-7-8(3-6)11-5-10-7/h1-3,9,12H,4-5H2. The zero-order chi connectivity index (χ0) is 8.39. The summed E-state index contributed by atoms with van der Waals surface area (Å²) in [6.07, 6.45) is 0. The summed E-state index contributed by atoms with van der Waals surface area (Å²) in [4.78, 5) is 0. The van der Waals surface area contributed by atoms with E-state index in [4.69, 9.17) is 9.47 Å². The van der Waals surface area contributed by atoms with E-state index in [1.54, 1.807) is 0 Å². The van der Waals surface area contributed by atoms with E-state index >= 15 is 0 Å². The smallest absolute Gasteiger partial charge is 0.231 e. The lowest BCUT2D eigenvalue weighted by Crippen LogP contribution is -1.94. The molecule has 0 atom stereocenters. The number of benzene rings is 1. The minimum absolute atomic E-state index is 0.319. The van der Waals surface area contributed by atoms with Crippen molar-refractivity contribution in [3.05, 3.63) is 18.2 Å². The number of hydrogen-bond acceptors (Lipinski definition) is 4. The number of nitrogens with one attached hydrogen (secondary N) is 1. The Labute approximate surface area is 76.1 Å². The van der Waals surface area contributed by atoms with Crippen molar-refractivity contribution < 1.29 is 9.47 Å². The van der Waals surface area contributed by atoms with E-state index in [1.807, 2.05) is 18.2 Å². The molecule has 0 aromatic heterocycles. The van der Waals surface area contributed by atoms with E-state index in [0.717, 1.165) is 17.2 Å². The summed E-state index contributed by atoms with van der Waals surface area (Å²) in [5.41, 5.74) is 0.995. The number of anilines is 1. The van der Waals surface area contributed by atoms with Crippen LogP contribution >= 0.6 is 12.6 Å². The zero-order valence-corrected chi connectivity index (χ0v) is 7.30. The van der Waals surface area contributed by atoms with E-state index in [-0.39, 0.29) is 0 Å². The highest BCUT2D eigenvalue weighted by Gasteiger charge is 2.12. The molecule has 1 aliphatic heterocycles. The summed E-state index contributed by atoms with van der Waals surface area (Å²) >= 11 is 4.05. The molecule has 64 valence electrons. The van der Waals surface area contributed by atoms with Gasteiger partial charge in [-0.1, -0.05) is 0 Å². The van der Waals surface area contributed by atoms with Crippen molar-refractivity contribution in [2.45, 2.75) is 0 Å². The van der Waals surface area contributed by atoms with E-state index in [1.165, 1.54) is 0 Å². The molecule has 0 spiro atoms. The van der Waals surface area contributed by atoms with Gasteiger partial charge in [-0.15, -0.1) is 0 Å². The van der Waals surface area contributed by atoms with Crippen LogP contribution in [0.5, 0.6) is 11.5 Å². The van der Waals surface area contributed by atoms with Crippen molar-refractivity contribution >= 4 is 18.3 Å². The molecule has 0 aliphatic carbocycles.